The fraction of sp³-hybridized carbons (Fsp3) is 0.200. The highest BCUT2D eigenvalue weighted by Crippen LogP contribution is 2.21. The Kier molecular flexibility index (Phi) is 4.30. The molecule has 4 nitrogen and oxygen atoms in total. The first-order chi connectivity index (χ1) is 9.58. The van der Waals surface area contributed by atoms with Crippen LogP contribution in [0.15, 0.2) is 42.5 Å². The Morgan fingerprint density at radius 2 is 2.00 bits per heavy atom. The summed E-state index contributed by atoms with van der Waals surface area (Å²) in [5.41, 5.74) is 1.53. The maximum atomic E-state index is 13.5. The molecule has 5 heteroatoms. The van der Waals surface area contributed by atoms with Gasteiger partial charge in [-0.2, -0.15) is 0 Å². The minimum atomic E-state index is -0.432. The zero-order valence-corrected chi connectivity index (χ0v) is 11.0. The molecule has 0 bridgehead atoms. The molecule has 0 atom stereocenters. The molecule has 0 unspecified atom stereocenters. The molecule has 0 amide bonds. The Morgan fingerprint density at radius 1 is 1.25 bits per heavy atom. The molecule has 0 saturated carbocycles. The zero-order chi connectivity index (χ0) is 14.5. The summed E-state index contributed by atoms with van der Waals surface area (Å²) >= 11 is 0. The van der Waals surface area contributed by atoms with Crippen LogP contribution < -0.4 is 4.74 Å². The molecule has 0 radical (unpaired) electrons. The van der Waals surface area contributed by atoms with E-state index < -0.39 is 10.7 Å². The van der Waals surface area contributed by atoms with Gasteiger partial charge in [0, 0.05) is 18.1 Å². The van der Waals surface area contributed by atoms with Gasteiger partial charge < -0.3 is 4.74 Å². The number of nitro benzene ring substituents is 1. The van der Waals surface area contributed by atoms with E-state index in [1.54, 1.807) is 30.3 Å². The molecule has 0 aliphatic carbocycles. The number of rotatable bonds is 5. The summed E-state index contributed by atoms with van der Waals surface area (Å²) in [6.45, 7) is 2.03. The van der Waals surface area contributed by atoms with E-state index in [0.29, 0.717) is 12.0 Å². The lowest BCUT2D eigenvalue weighted by molar-refractivity contribution is -0.385. The molecule has 0 heterocycles. The third-order valence-corrected chi connectivity index (χ3v) is 2.90. The van der Waals surface area contributed by atoms with Crippen LogP contribution in [0.1, 0.15) is 11.1 Å². The fourth-order valence-corrected chi connectivity index (χ4v) is 1.89. The number of aryl methyl sites for hydroxylation is 1. The quantitative estimate of drug-likeness (QED) is 0.618. The first-order valence-electron chi connectivity index (χ1n) is 6.19. The van der Waals surface area contributed by atoms with Crippen LogP contribution in [0, 0.1) is 22.9 Å². The van der Waals surface area contributed by atoms with Crippen LogP contribution in [0.25, 0.3) is 0 Å². The molecule has 2 rings (SSSR count). The second kappa shape index (κ2) is 6.14. The van der Waals surface area contributed by atoms with Crippen LogP contribution in [-0.2, 0) is 6.42 Å². The first kappa shape index (κ1) is 14.0. The third-order valence-electron chi connectivity index (χ3n) is 2.90. The topological polar surface area (TPSA) is 52.4 Å². The fourth-order valence-electron chi connectivity index (χ4n) is 1.89. The van der Waals surface area contributed by atoms with Gasteiger partial charge in [-0.15, -0.1) is 0 Å². The summed E-state index contributed by atoms with van der Waals surface area (Å²) in [5, 5.41) is 10.9. The molecular weight excluding hydrogens is 261 g/mol. The van der Waals surface area contributed by atoms with Crippen molar-refractivity contribution in [3.63, 3.8) is 0 Å². The van der Waals surface area contributed by atoms with Crippen molar-refractivity contribution in [2.75, 3.05) is 6.61 Å². The maximum absolute atomic E-state index is 13.5. The Labute approximate surface area is 116 Å². The maximum Gasteiger partial charge on any atom is 0.272 e. The average molecular weight is 275 g/mol. The Balaban J connectivity index is 2.03. The smallest absolute Gasteiger partial charge is 0.272 e. The number of hydrogen-bond acceptors (Lipinski definition) is 3. The molecule has 0 aliphatic heterocycles. The van der Waals surface area contributed by atoms with E-state index in [1.807, 2.05) is 6.92 Å². The van der Waals surface area contributed by atoms with Gasteiger partial charge in [-0.3, -0.25) is 10.1 Å². The number of nitrogens with zero attached hydrogens (tertiary/aromatic N) is 1. The van der Waals surface area contributed by atoms with Gasteiger partial charge in [-0.25, -0.2) is 4.39 Å². The van der Waals surface area contributed by atoms with Crippen molar-refractivity contribution in [3.05, 3.63) is 69.5 Å². The molecular formula is C15H14FNO3. The molecule has 0 fully saturated rings. The van der Waals surface area contributed by atoms with E-state index >= 15 is 0 Å². The van der Waals surface area contributed by atoms with Gasteiger partial charge in [0.25, 0.3) is 5.69 Å². The number of ether oxygens (including phenoxy) is 1. The van der Waals surface area contributed by atoms with E-state index in [2.05, 4.69) is 0 Å². The highest BCUT2D eigenvalue weighted by molar-refractivity contribution is 5.40. The minimum absolute atomic E-state index is 0.0563. The summed E-state index contributed by atoms with van der Waals surface area (Å²) in [4.78, 5) is 10.4. The van der Waals surface area contributed by atoms with Crippen LogP contribution in [-0.4, -0.2) is 11.5 Å². The van der Waals surface area contributed by atoms with Gasteiger partial charge >= 0.3 is 0 Å². The number of hydrogen-bond donors (Lipinski definition) is 0. The first-order valence-corrected chi connectivity index (χ1v) is 6.19. The van der Waals surface area contributed by atoms with Crippen molar-refractivity contribution in [1.82, 2.24) is 0 Å². The van der Waals surface area contributed by atoms with E-state index in [4.69, 9.17) is 4.74 Å². The monoisotopic (exact) mass is 275 g/mol. The van der Waals surface area contributed by atoms with Crippen molar-refractivity contribution in [2.45, 2.75) is 13.3 Å². The van der Waals surface area contributed by atoms with Crippen LogP contribution in [0.4, 0.5) is 10.1 Å². The largest absolute Gasteiger partial charge is 0.490 e. The zero-order valence-electron chi connectivity index (χ0n) is 11.0. The average Bonchev–Trinajstić information content (AvgIpc) is 2.43. The van der Waals surface area contributed by atoms with Gasteiger partial charge in [0.05, 0.1) is 11.5 Å². The summed E-state index contributed by atoms with van der Waals surface area (Å²) in [6, 6.07) is 11.1. The Morgan fingerprint density at radius 3 is 2.75 bits per heavy atom. The second-order valence-electron chi connectivity index (χ2n) is 4.42. The van der Waals surface area contributed by atoms with Crippen molar-refractivity contribution in [1.29, 1.82) is 0 Å². The molecule has 0 saturated heterocycles. The molecule has 0 spiro atoms. The summed E-state index contributed by atoms with van der Waals surface area (Å²) < 4.78 is 18.8. The lowest BCUT2D eigenvalue weighted by Crippen LogP contribution is -2.05. The molecule has 2 aromatic carbocycles. The SMILES string of the molecule is Cc1ccc(F)c(OCCc2ccccc2[N+](=O)[O-])c1. The third kappa shape index (κ3) is 3.32. The standard InChI is InChI=1S/C15H14FNO3/c1-11-6-7-13(16)15(10-11)20-9-8-12-4-2-3-5-14(12)17(18)19/h2-7,10H,8-9H2,1H3. The van der Waals surface area contributed by atoms with E-state index in [9.17, 15) is 14.5 Å². The van der Waals surface area contributed by atoms with E-state index in [0.717, 1.165) is 5.56 Å². The van der Waals surface area contributed by atoms with Crippen LogP contribution in [0.5, 0.6) is 5.75 Å². The van der Waals surface area contributed by atoms with E-state index in [-0.39, 0.29) is 18.0 Å². The van der Waals surface area contributed by atoms with Gasteiger partial charge in [0.2, 0.25) is 0 Å². The second-order valence-corrected chi connectivity index (χ2v) is 4.42. The molecule has 0 aromatic heterocycles. The van der Waals surface area contributed by atoms with Crippen LogP contribution in [0.3, 0.4) is 0 Å². The van der Waals surface area contributed by atoms with Gasteiger partial charge in [0.1, 0.15) is 0 Å². The normalized spacial score (nSPS) is 10.3. The predicted octanol–water partition coefficient (Wildman–Crippen LogP) is 3.66. The summed E-state index contributed by atoms with van der Waals surface area (Å²) in [5.74, 6) is -0.262. The van der Waals surface area contributed by atoms with Crippen LogP contribution >= 0.6 is 0 Å². The van der Waals surface area contributed by atoms with E-state index in [1.165, 1.54) is 12.1 Å². The van der Waals surface area contributed by atoms with Crippen molar-refractivity contribution >= 4 is 5.69 Å². The molecule has 0 aliphatic rings. The number of halogens is 1. The minimum Gasteiger partial charge on any atom is -0.490 e. The molecule has 2 aromatic rings. The van der Waals surface area contributed by atoms with Crippen LogP contribution in [0.2, 0.25) is 0 Å². The lowest BCUT2D eigenvalue weighted by atomic mass is 10.1. The predicted molar refractivity (Wildman–Crippen MR) is 73.4 cm³/mol. The van der Waals surface area contributed by atoms with Gasteiger partial charge in [-0.1, -0.05) is 24.3 Å². The highest BCUT2D eigenvalue weighted by atomic mass is 19.1. The number of para-hydroxylation sites is 1. The van der Waals surface area contributed by atoms with Crippen molar-refractivity contribution in [3.8, 4) is 5.75 Å². The Bertz CT molecular complexity index is 628. The molecule has 20 heavy (non-hydrogen) atoms. The molecule has 0 N–H and O–H groups in total. The van der Waals surface area contributed by atoms with Crippen molar-refractivity contribution < 1.29 is 14.1 Å². The number of nitro groups is 1. The Hall–Kier alpha value is -2.43. The highest BCUT2D eigenvalue weighted by Gasteiger charge is 2.12. The van der Waals surface area contributed by atoms with Gasteiger partial charge in [0.15, 0.2) is 11.6 Å². The molecule has 104 valence electrons. The summed E-state index contributed by atoms with van der Waals surface area (Å²) in [7, 11) is 0. The lowest BCUT2D eigenvalue weighted by Gasteiger charge is -2.08. The number of benzene rings is 2. The van der Waals surface area contributed by atoms with Crippen molar-refractivity contribution in [2.24, 2.45) is 0 Å². The van der Waals surface area contributed by atoms with Gasteiger partial charge in [-0.05, 0) is 24.6 Å². The summed E-state index contributed by atoms with van der Waals surface area (Å²) in [6.07, 6.45) is 0.352.